The number of rotatable bonds is 4. The average molecular weight is 356 g/mol. The van der Waals surface area contributed by atoms with Gasteiger partial charge in [0.15, 0.2) is 0 Å². The smallest absolute Gasteiger partial charge is 0.261 e. The number of benzene rings is 2. The summed E-state index contributed by atoms with van der Waals surface area (Å²) < 4.78 is 13.8. The van der Waals surface area contributed by atoms with Crippen LogP contribution in [-0.4, -0.2) is 10.9 Å². The molecule has 1 heterocycles. The van der Waals surface area contributed by atoms with E-state index in [9.17, 15) is 9.18 Å². The average Bonchev–Trinajstić information content (AvgIpc) is 2.58. The van der Waals surface area contributed by atoms with Crippen LogP contribution in [0.2, 0.25) is 5.02 Å². The van der Waals surface area contributed by atoms with E-state index < -0.39 is 11.7 Å². The minimum absolute atomic E-state index is 0.0512. The van der Waals surface area contributed by atoms with Crippen molar-refractivity contribution >= 4 is 34.7 Å². The Labute approximate surface area is 149 Å². The zero-order chi connectivity index (χ0) is 17.8. The van der Waals surface area contributed by atoms with Crippen molar-refractivity contribution in [3.8, 4) is 0 Å². The Kier molecular flexibility index (Phi) is 4.95. The number of anilines is 3. The Balaban J connectivity index is 1.73. The van der Waals surface area contributed by atoms with Gasteiger partial charge in [-0.1, -0.05) is 35.9 Å². The maximum absolute atomic E-state index is 13.8. The number of carbonyl (C=O) groups is 1. The van der Waals surface area contributed by atoms with Gasteiger partial charge in [0.1, 0.15) is 11.6 Å². The van der Waals surface area contributed by atoms with Crippen LogP contribution in [0.5, 0.6) is 0 Å². The third-order valence-corrected chi connectivity index (χ3v) is 3.93. The highest BCUT2D eigenvalue weighted by Gasteiger charge is 2.16. The van der Waals surface area contributed by atoms with Crippen molar-refractivity contribution in [1.29, 1.82) is 0 Å². The first-order chi connectivity index (χ1) is 12.0. The van der Waals surface area contributed by atoms with Crippen molar-refractivity contribution in [2.24, 2.45) is 0 Å². The Morgan fingerprint density at radius 3 is 2.56 bits per heavy atom. The van der Waals surface area contributed by atoms with E-state index in [0.29, 0.717) is 5.82 Å². The van der Waals surface area contributed by atoms with Crippen LogP contribution >= 0.6 is 11.6 Å². The van der Waals surface area contributed by atoms with E-state index in [4.69, 9.17) is 11.6 Å². The quantitative estimate of drug-likeness (QED) is 0.678. The Morgan fingerprint density at radius 2 is 1.88 bits per heavy atom. The second kappa shape index (κ2) is 7.32. The zero-order valence-corrected chi connectivity index (χ0v) is 14.1. The highest BCUT2D eigenvalue weighted by molar-refractivity contribution is 6.34. The van der Waals surface area contributed by atoms with E-state index in [1.54, 1.807) is 18.3 Å². The summed E-state index contributed by atoms with van der Waals surface area (Å²) in [6.07, 6.45) is 1.59. The number of amides is 1. The molecule has 0 unspecified atom stereocenters. The van der Waals surface area contributed by atoms with Crippen LogP contribution < -0.4 is 10.6 Å². The highest BCUT2D eigenvalue weighted by Crippen LogP contribution is 2.22. The van der Waals surface area contributed by atoms with E-state index >= 15 is 0 Å². The summed E-state index contributed by atoms with van der Waals surface area (Å²) in [5, 5.41) is 5.84. The molecule has 3 rings (SSSR count). The summed E-state index contributed by atoms with van der Waals surface area (Å²) in [6.45, 7) is 2.00. The lowest BCUT2D eigenvalue weighted by Gasteiger charge is -2.10. The van der Waals surface area contributed by atoms with Gasteiger partial charge in [0.25, 0.3) is 5.91 Å². The third-order valence-electron chi connectivity index (χ3n) is 3.62. The van der Waals surface area contributed by atoms with E-state index in [-0.39, 0.29) is 10.6 Å². The van der Waals surface area contributed by atoms with Gasteiger partial charge >= 0.3 is 0 Å². The number of halogens is 2. The molecule has 0 saturated heterocycles. The number of aryl methyl sites for hydroxylation is 1. The van der Waals surface area contributed by atoms with E-state index in [2.05, 4.69) is 15.6 Å². The number of hydrogen-bond acceptors (Lipinski definition) is 3. The molecule has 6 heteroatoms. The SMILES string of the molecule is Cc1ccccc1Nc1ccc(NC(=O)c2c(F)cccc2Cl)nc1. The molecule has 25 heavy (non-hydrogen) atoms. The van der Waals surface area contributed by atoms with Crippen molar-refractivity contribution in [3.63, 3.8) is 0 Å². The third kappa shape index (κ3) is 3.95. The van der Waals surface area contributed by atoms with Crippen LogP contribution in [0.1, 0.15) is 15.9 Å². The lowest BCUT2D eigenvalue weighted by atomic mass is 10.2. The predicted octanol–water partition coefficient (Wildman–Crippen LogP) is 5.18. The summed E-state index contributed by atoms with van der Waals surface area (Å²) in [7, 11) is 0. The van der Waals surface area contributed by atoms with Crippen LogP contribution in [0.25, 0.3) is 0 Å². The van der Waals surface area contributed by atoms with Crippen LogP contribution in [0.4, 0.5) is 21.6 Å². The van der Waals surface area contributed by atoms with Gasteiger partial charge in [-0.2, -0.15) is 0 Å². The molecule has 0 bridgehead atoms. The van der Waals surface area contributed by atoms with Gasteiger partial charge in [0.05, 0.1) is 22.5 Å². The normalized spacial score (nSPS) is 10.4. The number of aromatic nitrogens is 1. The standard InChI is InChI=1S/C19H15ClFN3O/c1-12-5-2-3-8-16(12)23-13-9-10-17(22-11-13)24-19(25)18-14(20)6-4-7-15(18)21/h2-11,23H,1H3,(H,22,24,25). The van der Waals surface area contributed by atoms with Gasteiger partial charge in [-0.05, 0) is 42.8 Å². The molecule has 0 atom stereocenters. The number of carbonyl (C=O) groups excluding carboxylic acids is 1. The molecule has 0 radical (unpaired) electrons. The molecule has 3 aromatic rings. The summed E-state index contributed by atoms with van der Waals surface area (Å²) in [6, 6.07) is 15.4. The Morgan fingerprint density at radius 1 is 1.08 bits per heavy atom. The molecule has 2 N–H and O–H groups in total. The van der Waals surface area contributed by atoms with Gasteiger partial charge < -0.3 is 10.6 Å². The van der Waals surface area contributed by atoms with Crippen molar-refractivity contribution in [1.82, 2.24) is 4.98 Å². The van der Waals surface area contributed by atoms with Gasteiger partial charge in [-0.15, -0.1) is 0 Å². The fourth-order valence-electron chi connectivity index (χ4n) is 2.30. The van der Waals surface area contributed by atoms with E-state index in [1.807, 2.05) is 31.2 Å². The lowest BCUT2D eigenvalue weighted by molar-refractivity contribution is 0.102. The number of hydrogen-bond donors (Lipinski definition) is 2. The molecule has 0 fully saturated rings. The molecule has 2 aromatic carbocycles. The number of nitrogens with zero attached hydrogens (tertiary/aromatic N) is 1. The molecular weight excluding hydrogens is 341 g/mol. The molecule has 1 aromatic heterocycles. The molecule has 126 valence electrons. The first kappa shape index (κ1) is 16.9. The molecule has 0 aliphatic carbocycles. The van der Waals surface area contributed by atoms with Crippen molar-refractivity contribution in [3.05, 3.63) is 82.8 Å². The molecule has 4 nitrogen and oxygen atoms in total. The topological polar surface area (TPSA) is 54.0 Å². The lowest BCUT2D eigenvalue weighted by Crippen LogP contribution is -2.15. The summed E-state index contributed by atoms with van der Waals surface area (Å²) in [5.74, 6) is -1.02. The van der Waals surface area contributed by atoms with Gasteiger partial charge in [0.2, 0.25) is 0 Å². The molecular formula is C19H15ClFN3O. The summed E-state index contributed by atoms with van der Waals surface area (Å²) in [5.41, 5.74) is 2.65. The predicted molar refractivity (Wildman–Crippen MR) is 98.1 cm³/mol. The largest absolute Gasteiger partial charge is 0.354 e. The van der Waals surface area contributed by atoms with Gasteiger partial charge in [-0.3, -0.25) is 4.79 Å². The van der Waals surface area contributed by atoms with Crippen LogP contribution in [0, 0.1) is 12.7 Å². The molecule has 0 saturated carbocycles. The maximum Gasteiger partial charge on any atom is 0.261 e. The zero-order valence-electron chi connectivity index (χ0n) is 13.4. The summed E-state index contributed by atoms with van der Waals surface area (Å²) in [4.78, 5) is 16.4. The van der Waals surface area contributed by atoms with E-state index in [0.717, 1.165) is 16.9 Å². The molecule has 0 aliphatic rings. The minimum atomic E-state index is -0.678. The number of para-hydroxylation sites is 1. The second-order valence-corrected chi connectivity index (χ2v) is 5.83. The first-order valence-electron chi connectivity index (χ1n) is 7.58. The van der Waals surface area contributed by atoms with Crippen molar-refractivity contribution in [2.75, 3.05) is 10.6 Å². The fraction of sp³-hybridized carbons (Fsp3) is 0.0526. The van der Waals surface area contributed by atoms with Gasteiger partial charge in [0, 0.05) is 5.69 Å². The fourth-order valence-corrected chi connectivity index (χ4v) is 2.55. The minimum Gasteiger partial charge on any atom is -0.354 e. The van der Waals surface area contributed by atoms with Crippen molar-refractivity contribution in [2.45, 2.75) is 6.92 Å². The molecule has 0 aliphatic heterocycles. The molecule has 1 amide bonds. The van der Waals surface area contributed by atoms with Crippen LogP contribution in [0.3, 0.4) is 0 Å². The highest BCUT2D eigenvalue weighted by atomic mass is 35.5. The van der Waals surface area contributed by atoms with Gasteiger partial charge in [-0.25, -0.2) is 9.37 Å². The second-order valence-electron chi connectivity index (χ2n) is 5.42. The molecule has 0 spiro atoms. The summed E-state index contributed by atoms with van der Waals surface area (Å²) >= 11 is 5.89. The monoisotopic (exact) mass is 355 g/mol. The van der Waals surface area contributed by atoms with E-state index in [1.165, 1.54) is 18.2 Å². The van der Waals surface area contributed by atoms with Crippen molar-refractivity contribution < 1.29 is 9.18 Å². The maximum atomic E-state index is 13.8. The Bertz CT molecular complexity index is 893. The first-order valence-corrected chi connectivity index (χ1v) is 7.96. The Hall–Kier alpha value is -2.92. The van der Waals surface area contributed by atoms with Crippen LogP contribution in [-0.2, 0) is 0 Å². The number of pyridine rings is 1. The number of nitrogens with one attached hydrogen (secondary N) is 2. The van der Waals surface area contributed by atoms with Crippen LogP contribution in [0.15, 0.2) is 60.8 Å².